The molecule has 5 rings (SSSR count). The molecule has 6 nitrogen and oxygen atoms in total. The van der Waals surface area contributed by atoms with Crippen molar-refractivity contribution in [2.75, 3.05) is 32.7 Å². The Balaban J connectivity index is 1.41. The van der Waals surface area contributed by atoms with Gasteiger partial charge in [-0.15, -0.1) is 0 Å². The second-order valence-corrected chi connectivity index (χ2v) is 11.9. The van der Waals surface area contributed by atoms with Crippen LogP contribution in [0.5, 0.6) is 0 Å². The van der Waals surface area contributed by atoms with Crippen molar-refractivity contribution in [2.24, 2.45) is 11.3 Å². The number of hydrogen-bond acceptors (Lipinski definition) is 4. The third-order valence-corrected chi connectivity index (χ3v) is 7.80. The molecule has 2 aromatic carbocycles. The van der Waals surface area contributed by atoms with E-state index in [1.54, 1.807) is 24.3 Å². The Labute approximate surface area is 215 Å². The van der Waals surface area contributed by atoms with Crippen LogP contribution in [0.3, 0.4) is 0 Å². The van der Waals surface area contributed by atoms with Crippen molar-refractivity contribution < 1.29 is 23.9 Å². The number of quaternary nitrogens is 1. The number of hydrogen-bond donors (Lipinski definition) is 2. The number of nitrogens with one attached hydrogen (secondary N) is 1. The van der Waals surface area contributed by atoms with Crippen LogP contribution in [0, 0.1) is 11.3 Å². The van der Waals surface area contributed by atoms with Crippen molar-refractivity contribution in [1.82, 2.24) is 5.32 Å². The highest BCUT2D eigenvalue weighted by Gasteiger charge is 2.50. The summed E-state index contributed by atoms with van der Waals surface area (Å²) in [6, 6.07) is 18.1. The topological polar surface area (TPSA) is 75.6 Å². The molecule has 0 radical (unpaired) electrons. The molecule has 0 spiro atoms. The minimum absolute atomic E-state index is 0.0148. The number of aliphatic hydroxyl groups is 1. The molecule has 0 saturated carbocycles. The number of amides is 1. The number of esters is 1. The lowest BCUT2D eigenvalue weighted by molar-refractivity contribution is -0.946. The van der Waals surface area contributed by atoms with Crippen LogP contribution >= 0.6 is 0 Å². The molecular weight excluding hydrogens is 452 g/mol. The molecule has 2 bridgehead atoms. The van der Waals surface area contributed by atoms with Gasteiger partial charge in [0.05, 0.1) is 19.6 Å². The van der Waals surface area contributed by atoms with Gasteiger partial charge < -0.3 is 19.6 Å². The standard InChI is InChI=1S/C30H40N2O4/c1-29(2,3)21-27(33)31-17-10-18-32-19-15-23(16-20-32)26(22-32)36-28(34)30(35,24-11-6-4-7-12-24)25-13-8-5-9-14-25/h4-9,11-14,23,26,35H,10,15-22H2,1-3H3/p+1/t23?,26-,32?/m0/s1. The number of fused-ring (bicyclic) bond motifs is 3. The Morgan fingerprint density at radius 2 is 1.53 bits per heavy atom. The van der Waals surface area contributed by atoms with Gasteiger partial charge in [0.1, 0.15) is 6.54 Å². The van der Waals surface area contributed by atoms with Crippen LogP contribution in [-0.4, -0.2) is 60.3 Å². The monoisotopic (exact) mass is 493 g/mol. The fourth-order valence-corrected chi connectivity index (χ4v) is 5.84. The second-order valence-electron chi connectivity index (χ2n) is 11.9. The summed E-state index contributed by atoms with van der Waals surface area (Å²) >= 11 is 0. The maximum absolute atomic E-state index is 13.6. The molecule has 1 amide bonds. The number of benzene rings is 2. The first-order valence-electron chi connectivity index (χ1n) is 13.3. The zero-order valence-corrected chi connectivity index (χ0v) is 21.9. The molecule has 36 heavy (non-hydrogen) atoms. The fraction of sp³-hybridized carbons (Fsp3) is 0.533. The molecule has 0 aliphatic carbocycles. The van der Waals surface area contributed by atoms with Gasteiger partial charge in [0.2, 0.25) is 11.5 Å². The van der Waals surface area contributed by atoms with E-state index in [1.165, 1.54) is 0 Å². The summed E-state index contributed by atoms with van der Waals surface area (Å²) in [4.78, 5) is 25.8. The van der Waals surface area contributed by atoms with Crippen LogP contribution in [0.25, 0.3) is 0 Å². The molecule has 194 valence electrons. The minimum Gasteiger partial charge on any atom is -0.453 e. The Kier molecular flexibility index (Phi) is 7.86. The van der Waals surface area contributed by atoms with Crippen molar-refractivity contribution in [1.29, 1.82) is 0 Å². The van der Waals surface area contributed by atoms with Crippen LogP contribution in [0.4, 0.5) is 0 Å². The van der Waals surface area contributed by atoms with E-state index in [1.807, 2.05) is 36.4 Å². The Hall–Kier alpha value is -2.70. The van der Waals surface area contributed by atoms with E-state index in [0.717, 1.165) is 49.9 Å². The van der Waals surface area contributed by atoms with Gasteiger partial charge in [0, 0.05) is 38.1 Å². The van der Waals surface area contributed by atoms with E-state index in [2.05, 4.69) is 26.1 Å². The summed E-state index contributed by atoms with van der Waals surface area (Å²) in [6.45, 7) is 10.8. The predicted octanol–water partition coefficient (Wildman–Crippen LogP) is 4.02. The van der Waals surface area contributed by atoms with Crippen molar-refractivity contribution in [3.05, 3.63) is 71.8 Å². The summed E-state index contributed by atoms with van der Waals surface area (Å²) < 4.78 is 7.06. The first-order chi connectivity index (χ1) is 17.1. The van der Waals surface area contributed by atoms with E-state index in [4.69, 9.17) is 4.74 Å². The Morgan fingerprint density at radius 3 is 2.06 bits per heavy atom. The lowest BCUT2D eigenvalue weighted by Gasteiger charge is -2.52. The predicted molar refractivity (Wildman–Crippen MR) is 140 cm³/mol. The van der Waals surface area contributed by atoms with Crippen molar-refractivity contribution in [3.8, 4) is 0 Å². The molecule has 3 saturated heterocycles. The average molecular weight is 494 g/mol. The van der Waals surface area contributed by atoms with Crippen LogP contribution in [0.15, 0.2) is 60.7 Å². The highest BCUT2D eigenvalue weighted by atomic mass is 16.6. The molecule has 3 fully saturated rings. The number of nitrogens with zero attached hydrogens (tertiary/aromatic N) is 1. The lowest BCUT2D eigenvalue weighted by atomic mass is 9.82. The van der Waals surface area contributed by atoms with E-state index in [0.29, 0.717) is 30.0 Å². The maximum Gasteiger partial charge on any atom is 0.348 e. The smallest absolute Gasteiger partial charge is 0.348 e. The highest BCUT2D eigenvalue weighted by molar-refractivity contribution is 5.85. The Morgan fingerprint density at radius 1 is 0.972 bits per heavy atom. The molecule has 0 aromatic heterocycles. The number of carbonyl (C=O) groups excluding carboxylic acids is 2. The van der Waals surface area contributed by atoms with E-state index >= 15 is 0 Å². The molecule has 2 aromatic rings. The fourth-order valence-electron chi connectivity index (χ4n) is 5.84. The van der Waals surface area contributed by atoms with Gasteiger partial charge in [-0.1, -0.05) is 81.4 Å². The van der Waals surface area contributed by atoms with Gasteiger partial charge >= 0.3 is 5.97 Å². The van der Waals surface area contributed by atoms with Crippen molar-refractivity contribution >= 4 is 11.9 Å². The summed E-state index contributed by atoms with van der Waals surface area (Å²) in [7, 11) is 0. The summed E-state index contributed by atoms with van der Waals surface area (Å²) in [6.07, 6.45) is 3.25. The highest BCUT2D eigenvalue weighted by Crippen LogP contribution is 2.38. The van der Waals surface area contributed by atoms with E-state index in [-0.39, 0.29) is 17.4 Å². The zero-order chi connectivity index (χ0) is 25.8. The van der Waals surface area contributed by atoms with Gasteiger partial charge in [-0.2, -0.15) is 0 Å². The Bertz CT molecular complexity index is 984. The first kappa shape index (κ1) is 26.4. The molecule has 1 atom stereocenters. The maximum atomic E-state index is 13.6. The largest absolute Gasteiger partial charge is 0.453 e. The lowest BCUT2D eigenvalue weighted by Crippen LogP contribution is -2.65. The summed E-state index contributed by atoms with van der Waals surface area (Å²) in [5.74, 6) is -0.171. The van der Waals surface area contributed by atoms with Crippen LogP contribution in [-0.2, 0) is 19.9 Å². The van der Waals surface area contributed by atoms with Gasteiger partial charge in [0.15, 0.2) is 6.10 Å². The van der Waals surface area contributed by atoms with Gasteiger partial charge in [-0.3, -0.25) is 4.79 Å². The van der Waals surface area contributed by atoms with Crippen LogP contribution in [0.2, 0.25) is 0 Å². The number of piperidine rings is 3. The van der Waals surface area contributed by atoms with Crippen LogP contribution in [0.1, 0.15) is 57.6 Å². The molecule has 3 heterocycles. The zero-order valence-electron chi connectivity index (χ0n) is 21.9. The van der Waals surface area contributed by atoms with Gasteiger partial charge in [-0.05, 0) is 16.5 Å². The second kappa shape index (κ2) is 10.7. The molecule has 6 heteroatoms. The number of carbonyl (C=O) groups is 2. The normalized spacial score (nSPS) is 23.8. The van der Waals surface area contributed by atoms with Crippen molar-refractivity contribution in [2.45, 2.75) is 58.2 Å². The van der Waals surface area contributed by atoms with E-state index in [9.17, 15) is 14.7 Å². The van der Waals surface area contributed by atoms with Gasteiger partial charge in [-0.25, -0.2) is 4.79 Å². The van der Waals surface area contributed by atoms with E-state index < -0.39 is 11.6 Å². The average Bonchev–Trinajstić information content (AvgIpc) is 2.87. The minimum atomic E-state index is -1.85. The third-order valence-electron chi connectivity index (χ3n) is 7.80. The SMILES string of the molecule is CC(C)(C)CC(=O)NCCC[N+]12CCC(CC1)[C@@H](OC(=O)C(O)(c1ccccc1)c1ccccc1)C2. The molecule has 2 N–H and O–H groups in total. The summed E-state index contributed by atoms with van der Waals surface area (Å²) in [5.41, 5.74) is -0.842. The van der Waals surface area contributed by atoms with Gasteiger partial charge in [0.25, 0.3) is 0 Å². The number of rotatable bonds is 9. The molecule has 3 aliphatic heterocycles. The summed E-state index contributed by atoms with van der Waals surface area (Å²) in [5, 5.41) is 14.8. The van der Waals surface area contributed by atoms with Crippen molar-refractivity contribution in [3.63, 3.8) is 0 Å². The molecule has 3 aliphatic rings. The number of ether oxygens (including phenoxy) is 1. The van der Waals surface area contributed by atoms with Crippen LogP contribution < -0.4 is 5.32 Å². The third kappa shape index (κ3) is 5.98. The molecule has 0 unspecified atom stereocenters. The molecular formula is C30H41N2O4+. The first-order valence-corrected chi connectivity index (χ1v) is 13.3. The quantitative estimate of drug-likeness (QED) is 0.314.